The highest BCUT2D eigenvalue weighted by molar-refractivity contribution is 6.32. The van der Waals surface area contributed by atoms with Crippen LogP contribution in [0.3, 0.4) is 0 Å². The highest BCUT2D eigenvalue weighted by Crippen LogP contribution is 2.36. The Morgan fingerprint density at radius 2 is 1.61 bits per heavy atom. The van der Waals surface area contributed by atoms with Crippen molar-refractivity contribution >= 4 is 17.5 Å². The molecule has 0 heterocycles. The summed E-state index contributed by atoms with van der Waals surface area (Å²) in [7, 11) is 0. The summed E-state index contributed by atoms with van der Waals surface area (Å²) in [4.78, 5) is 12.5. The molecule has 0 radical (unpaired) electrons. The molecule has 0 saturated heterocycles. The van der Waals surface area contributed by atoms with Crippen LogP contribution in [0.2, 0.25) is 5.02 Å². The number of hydrogen-bond acceptors (Lipinski definition) is 5. The summed E-state index contributed by atoms with van der Waals surface area (Å²) < 4.78 is 79.4. The Bertz CT molecular complexity index is 1300. The molecule has 3 aromatic rings. The summed E-state index contributed by atoms with van der Waals surface area (Å²) in [5, 5.41) is 12.2. The van der Waals surface area contributed by atoms with E-state index in [2.05, 4.69) is 10.1 Å². The largest absolute Gasteiger partial charge is 0.573 e. The van der Waals surface area contributed by atoms with Gasteiger partial charge in [0.1, 0.15) is 18.1 Å². The number of carbonyl (C=O) groups excluding carboxylic acids is 1. The van der Waals surface area contributed by atoms with Gasteiger partial charge in [-0.2, -0.15) is 5.26 Å². The van der Waals surface area contributed by atoms with E-state index in [-0.39, 0.29) is 27.8 Å². The summed E-state index contributed by atoms with van der Waals surface area (Å²) in [6.45, 7) is 0.759. The van der Waals surface area contributed by atoms with Crippen molar-refractivity contribution < 1.29 is 41.0 Å². The molecule has 3 rings (SSSR count). The minimum Gasteiger partial charge on any atom is -0.486 e. The van der Waals surface area contributed by atoms with Gasteiger partial charge in [0.25, 0.3) is 5.91 Å². The van der Waals surface area contributed by atoms with Gasteiger partial charge >= 0.3 is 6.36 Å². The van der Waals surface area contributed by atoms with Crippen LogP contribution in [-0.2, 0) is 0 Å². The zero-order chi connectivity index (χ0) is 26.5. The van der Waals surface area contributed by atoms with E-state index in [1.165, 1.54) is 19.1 Å². The number of nitrogens with zero attached hydrogens (tertiary/aromatic N) is 1. The molecule has 0 aromatic heterocycles. The summed E-state index contributed by atoms with van der Waals surface area (Å²) in [6, 6.07) is 13.5. The van der Waals surface area contributed by atoms with Crippen molar-refractivity contribution in [3.05, 3.63) is 82.9 Å². The molecule has 0 spiro atoms. The molecule has 0 aliphatic carbocycles. The smallest absolute Gasteiger partial charge is 0.486 e. The van der Waals surface area contributed by atoms with Gasteiger partial charge in [0.05, 0.1) is 11.1 Å². The number of benzene rings is 3. The fourth-order valence-electron chi connectivity index (χ4n) is 2.80. The van der Waals surface area contributed by atoms with Gasteiger partial charge in [-0.05, 0) is 43.3 Å². The fourth-order valence-corrected chi connectivity index (χ4v) is 2.97. The second-order valence-electron chi connectivity index (χ2n) is 7.50. The summed E-state index contributed by atoms with van der Waals surface area (Å²) >= 11 is 6.04. The number of para-hydroxylation sites is 1. The summed E-state index contributed by atoms with van der Waals surface area (Å²) in [5.74, 6) is -4.20. The Hall–Kier alpha value is -4.04. The molecular weight excluding hydrogens is 511 g/mol. The molecule has 188 valence electrons. The first-order valence-electron chi connectivity index (χ1n) is 10.0. The molecule has 6 nitrogen and oxygen atoms in total. The molecule has 0 bridgehead atoms. The predicted molar refractivity (Wildman–Crippen MR) is 118 cm³/mol. The van der Waals surface area contributed by atoms with Crippen LogP contribution in [0.15, 0.2) is 60.7 Å². The van der Waals surface area contributed by atoms with Crippen LogP contribution in [-0.4, -0.2) is 24.4 Å². The molecule has 36 heavy (non-hydrogen) atoms. The van der Waals surface area contributed by atoms with Crippen LogP contribution in [0.4, 0.5) is 22.0 Å². The quantitative estimate of drug-likeness (QED) is 0.344. The van der Waals surface area contributed by atoms with Gasteiger partial charge in [0.2, 0.25) is 0 Å². The van der Waals surface area contributed by atoms with Gasteiger partial charge in [-0.25, -0.2) is 8.78 Å². The molecule has 0 fully saturated rings. The maximum absolute atomic E-state index is 13.9. The second kappa shape index (κ2) is 10.7. The Balaban J connectivity index is 1.75. The first-order chi connectivity index (χ1) is 16.9. The van der Waals surface area contributed by atoms with Crippen LogP contribution in [0.25, 0.3) is 0 Å². The van der Waals surface area contributed by atoms with E-state index in [0.717, 1.165) is 30.3 Å². The predicted octanol–water partition coefficient (Wildman–Crippen LogP) is 6.40. The molecule has 0 aliphatic heterocycles. The number of halogens is 6. The number of nitriles is 1. The van der Waals surface area contributed by atoms with Gasteiger partial charge in [-0.15, -0.1) is 13.2 Å². The average molecular weight is 527 g/mol. The van der Waals surface area contributed by atoms with Gasteiger partial charge in [-0.1, -0.05) is 23.7 Å². The number of carbonyl (C=O) groups is 1. The first kappa shape index (κ1) is 26.6. The van der Waals surface area contributed by atoms with E-state index in [1.807, 2.05) is 6.07 Å². The highest BCUT2D eigenvalue weighted by atomic mass is 35.5. The van der Waals surface area contributed by atoms with Crippen molar-refractivity contribution in [2.45, 2.75) is 18.8 Å². The second-order valence-corrected chi connectivity index (χ2v) is 7.91. The fraction of sp³-hybridized carbons (Fsp3) is 0.167. The van der Waals surface area contributed by atoms with E-state index in [9.17, 15) is 32.0 Å². The molecule has 3 aromatic carbocycles. The number of hydrogen-bond donors (Lipinski definition) is 1. The Morgan fingerprint density at radius 3 is 2.19 bits per heavy atom. The number of nitrogens with one attached hydrogen (secondary N) is 1. The van der Waals surface area contributed by atoms with Crippen LogP contribution in [0.1, 0.15) is 17.3 Å². The standard InChI is InChI=1S/C24H16ClF5N2O4/c1-23(12-31,32-22(33)14-6-8-15(9-7-14)36-24(28,29)30)13-34-20-10-17(26)18(27)11-21(20)35-19-5-3-2-4-16(19)25/h2-11H,13H2,1H3,(H,32,33). The summed E-state index contributed by atoms with van der Waals surface area (Å²) in [5.41, 5.74) is -1.76. The van der Waals surface area contributed by atoms with Crippen molar-refractivity contribution in [1.82, 2.24) is 5.32 Å². The topological polar surface area (TPSA) is 80.6 Å². The number of alkyl halides is 3. The van der Waals surface area contributed by atoms with E-state index >= 15 is 0 Å². The molecule has 1 atom stereocenters. The highest BCUT2D eigenvalue weighted by Gasteiger charge is 2.32. The first-order valence-corrected chi connectivity index (χ1v) is 10.4. The van der Waals surface area contributed by atoms with Gasteiger partial charge in [-0.3, -0.25) is 4.79 Å². The molecule has 1 N–H and O–H groups in total. The van der Waals surface area contributed by atoms with Crippen LogP contribution in [0, 0.1) is 23.0 Å². The zero-order valence-corrected chi connectivity index (χ0v) is 19.1. The molecular formula is C24H16ClF5N2O4. The Kier molecular flexibility index (Phi) is 7.90. The minimum atomic E-state index is -4.89. The lowest BCUT2D eigenvalue weighted by Crippen LogP contribution is -2.49. The summed E-state index contributed by atoms with van der Waals surface area (Å²) in [6.07, 6.45) is -4.89. The van der Waals surface area contributed by atoms with Crippen LogP contribution in [0.5, 0.6) is 23.0 Å². The Morgan fingerprint density at radius 1 is 1.00 bits per heavy atom. The molecule has 0 saturated carbocycles. The molecule has 0 aliphatic rings. The van der Waals surface area contributed by atoms with Crippen molar-refractivity contribution in [2.24, 2.45) is 0 Å². The third-order valence-electron chi connectivity index (χ3n) is 4.55. The Labute approximate surface area is 206 Å². The minimum absolute atomic E-state index is 0.0680. The molecule has 1 amide bonds. The molecule has 12 heteroatoms. The number of amides is 1. The van der Waals surface area contributed by atoms with E-state index in [4.69, 9.17) is 21.1 Å². The molecule has 1 unspecified atom stereocenters. The lowest BCUT2D eigenvalue weighted by molar-refractivity contribution is -0.274. The maximum Gasteiger partial charge on any atom is 0.573 e. The normalized spacial score (nSPS) is 12.7. The maximum atomic E-state index is 13.9. The van der Waals surface area contributed by atoms with Crippen molar-refractivity contribution in [2.75, 3.05) is 6.61 Å². The van der Waals surface area contributed by atoms with Crippen molar-refractivity contribution in [3.63, 3.8) is 0 Å². The third-order valence-corrected chi connectivity index (χ3v) is 4.86. The van der Waals surface area contributed by atoms with E-state index in [0.29, 0.717) is 6.07 Å². The van der Waals surface area contributed by atoms with Crippen molar-refractivity contribution in [1.29, 1.82) is 5.26 Å². The van der Waals surface area contributed by atoms with Crippen molar-refractivity contribution in [3.8, 4) is 29.1 Å². The van der Waals surface area contributed by atoms with Crippen LogP contribution >= 0.6 is 11.6 Å². The SMILES string of the molecule is CC(C#N)(COc1cc(F)c(F)cc1Oc1ccccc1Cl)NC(=O)c1ccc(OC(F)(F)F)cc1. The zero-order valence-electron chi connectivity index (χ0n) is 18.3. The van der Waals surface area contributed by atoms with Crippen LogP contribution < -0.4 is 19.5 Å². The number of ether oxygens (including phenoxy) is 3. The lowest BCUT2D eigenvalue weighted by atomic mass is 10.0. The van der Waals surface area contributed by atoms with Gasteiger partial charge in [0, 0.05) is 17.7 Å². The monoisotopic (exact) mass is 526 g/mol. The van der Waals surface area contributed by atoms with Gasteiger partial charge in [0.15, 0.2) is 28.7 Å². The number of rotatable bonds is 8. The van der Waals surface area contributed by atoms with Gasteiger partial charge < -0.3 is 19.5 Å². The van der Waals surface area contributed by atoms with E-state index in [1.54, 1.807) is 12.1 Å². The van der Waals surface area contributed by atoms with E-state index < -0.39 is 41.8 Å². The third kappa shape index (κ3) is 6.99. The average Bonchev–Trinajstić information content (AvgIpc) is 2.81. The lowest BCUT2D eigenvalue weighted by Gasteiger charge is -2.24.